The first-order valence-electron chi connectivity index (χ1n) is 12.5. The normalized spacial score (nSPS) is 33.5. The van der Waals surface area contributed by atoms with E-state index in [1.54, 1.807) is 31.2 Å². The van der Waals surface area contributed by atoms with E-state index >= 15 is 0 Å². The van der Waals surface area contributed by atoms with Crippen molar-refractivity contribution in [3.63, 3.8) is 0 Å². The summed E-state index contributed by atoms with van der Waals surface area (Å²) in [6.45, 7) is 7.57. The molecule has 4 aliphatic rings. The maximum absolute atomic E-state index is 13.4. The van der Waals surface area contributed by atoms with E-state index < -0.39 is 5.97 Å². The molecule has 7 nitrogen and oxygen atoms in total. The van der Waals surface area contributed by atoms with E-state index in [1.165, 1.54) is 0 Å². The van der Waals surface area contributed by atoms with E-state index in [1.807, 2.05) is 0 Å². The SMILES string of the molecule is CCN1C[C@]23CC=CCO[C@H]2[C@@](COC(=O)c2ccccc2N2C(=O)CC(C)C2=O)(CCC3)C1. The van der Waals surface area contributed by atoms with Crippen LogP contribution in [0.5, 0.6) is 0 Å². The van der Waals surface area contributed by atoms with Gasteiger partial charge in [-0.2, -0.15) is 0 Å². The molecule has 5 rings (SSSR count). The fraction of sp³-hybridized carbons (Fsp3) is 0.593. The molecule has 4 atom stereocenters. The molecule has 1 aromatic rings. The van der Waals surface area contributed by atoms with Crippen LogP contribution in [0.4, 0.5) is 5.69 Å². The van der Waals surface area contributed by atoms with Crippen LogP contribution in [0, 0.1) is 16.7 Å². The zero-order chi connectivity index (χ0) is 23.9. The number of anilines is 1. The number of benzene rings is 1. The van der Waals surface area contributed by atoms with E-state index in [2.05, 4.69) is 24.0 Å². The van der Waals surface area contributed by atoms with Crippen molar-refractivity contribution in [2.75, 3.05) is 37.7 Å². The largest absolute Gasteiger partial charge is 0.461 e. The van der Waals surface area contributed by atoms with Gasteiger partial charge in [-0.15, -0.1) is 0 Å². The highest BCUT2D eigenvalue weighted by Gasteiger charge is 2.59. The number of nitrogens with zero attached hydrogens (tertiary/aromatic N) is 2. The number of hydrogen-bond donors (Lipinski definition) is 0. The van der Waals surface area contributed by atoms with Gasteiger partial charge in [0.05, 0.1) is 24.0 Å². The van der Waals surface area contributed by atoms with Crippen molar-refractivity contribution >= 4 is 23.5 Å². The second-order valence-corrected chi connectivity index (χ2v) is 10.5. The summed E-state index contributed by atoms with van der Waals surface area (Å²) in [6, 6.07) is 6.75. The summed E-state index contributed by atoms with van der Waals surface area (Å²) in [7, 11) is 0. The number of ether oxygens (including phenoxy) is 2. The van der Waals surface area contributed by atoms with Gasteiger partial charge in [0.1, 0.15) is 6.61 Å². The summed E-state index contributed by atoms with van der Waals surface area (Å²) < 4.78 is 12.4. The zero-order valence-electron chi connectivity index (χ0n) is 20.1. The van der Waals surface area contributed by atoms with Crippen LogP contribution < -0.4 is 4.90 Å². The van der Waals surface area contributed by atoms with Crippen LogP contribution in [-0.2, 0) is 19.1 Å². The van der Waals surface area contributed by atoms with Gasteiger partial charge in [-0.1, -0.05) is 44.6 Å². The number of carbonyl (C=O) groups excluding carboxylic acids is 3. The Hall–Kier alpha value is -2.51. The van der Waals surface area contributed by atoms with Crippen molar-refractivity contribution in [3.05, 3.63) is 42.0 Å². The van der Waals surface area contributed by atoms with Gasteiger partial charge in [0.2, 0.25) is 11.8 Å². The minimum absolute atomic E-state index is 0.0391. The van der Waals surface area contributed by atoms with E-state index in [0.717, 1.165) is 50.2 Å². The Kier molecular flexibility index (Phi) is 6.10. The number of amides is 2. The molecule has 0 spiro atoms. The smallest absolute Gasteiger partial charge is 0.340 e. The molecular formula is C27H34N2O5. The predicted molar refractivity (Wildman–Crippen MR) is 127 cm³/mol. The lowest BCUT2D eigenvalue weighted by atomic mass is 9.56. The molecule has 2 amide bonds. The molecule has 1 saturated carbocycles. The molecule has 3 heterocycles. The lowest BCUT2D eigenvalue weighted by molar-refractivity contribution is -0.197. The number of rotatable bonds is 5. The van der Waals surface area contributed by atoms with Crippen molar-refractivity contribution < 1.29 is 23.9 Å². The molecule has 3 fully saturated rings. The molecule has 1 aliphatic carbocycles. The van der Waals surface area contributed by atoms with Crippen LogP contribution in [0.3, 0.4) is 0 Å². The molecule has 7 heteroatoms. The van der Waals surface area contributed by atoms with Gasteiger partial charge in [0.25, 0.3) is 0 Å². The summed E-state index contributed by atoms with van der Waals surface area (Å²) >= 11 is 0. The Labute approximate surface area is 201 Å². The number of imide groups is 1. The maximum Gasteiger partial charge on any atom is 0.340 e. The van der Waals surface area contributed by atoms with Crippen molar-refractivity contribution in [2.45, 2.75) is 52.1 Å². The standard InChI is InChI=1S/C27H34N2O5/c1-3-28-16-26-11-6-7-14-33-25(26)27(17-28,13-8-12-26)18-34-24(32)20-9-4-5-10-21(20)29-22(30)15-19(2)23(29)31/h4-7,9-10,19,25H,3,8,11-18H2,1-2H3/t19?,25-,26-,27+/m1/s1. The molecule has 2 saturated heterocycles. The maximum atomic E-state index is 13.4. The molecular weight excluding hydrogens is 432 g/mol. The van der Waals surface area contributed by atoms with E-state index in [0.29, 0.717) is 12.3 Å². The van der Waals surface area contributed by atoms with Crippen LogP contribution in [0.2, 0.25) is 0 Å². The number of esters is 1. The summed E-state index contributed by atoms with van der Waals surface area (Å²) in [5.74, 6) is -1.43. The quantitative estimate of drug-likeness (QED) is 0.375. The van der Waals surface area contributed by atoms with Gasteiger partial charge in [0, 0.05) is 36.3 Å². The van der Waals surface area contributed by atoms with Crippen LogP contribution in [0.15, 0.2) is 36.4 Å². The summed E-state index contributed by atoms with van der Waals surface area (Å²) in [5, 5.41) is 0. The van der Waals surface area contributed by atoms with Crippen LogP contribution >= 0.6 is 0 Å². The monoisotopic (exact) mass is 466 g/mol. The highest BCUT2D eigenvalue weighted by Crippen LogP contribution is 2.55. The van der Waals surface area contributed by atoms with Crippen molar-refractivity contribution in [2.24, 2.45) is 16.7 Å². The first kappa shape index (κ1) is 23.2. The third kappa shape index (κ3) is 3.79. The Morgan fingerprint density at radius 2 is 2.00 bits per heavy atom. The number of likely N-dealkylation sites (tertiary alicyclic amines) is 1. The third-order valence-electron chi connectivity index (χ3n) is 8.26. The van der Waals surface area contributed by atoms with E-state index in [4.69, 9.17) is 9.47 Å². The van der Waals surface area contributed by atoms with Gasteiger partial charge in [-0.3, -0.25) is 9.59 Å². The average molecular weight is 467 g/mol. The molecule has 34 heavy (non-hydrogen) atoms. The number of piperidine rings is 1. The van der Waals surface area contributed by atoms with E-state index in [-0.39, 0.29) is 53.3 Å². The Morgan fingerprint density at radius 1 is 1.18 bits per heavy atom. The van der Waals surface area contributed by atoms with Gasteiger partial charge >= 0.3 is 5.97 Å². The summed E-state index contributed by atoms with van der Waals surface area (Å²) in [5.41, 5.74) is 0.352. The number of carbonyl (C=O) groups is 3. The molecule has 0 N–H and O–H groups in total. The fourth-order valence-corrected chi connectivity index (χ4v) is 6.72. The lowest BCUT2D eigenvalue weighted by Crippen LogP contribution is -2.66. The minimum atomic E-state index is -0.498. The van der Waals surface area contributed by atoms with Gasteiger partial charge in [-0.05, 0) is 37.9 Å². The third-order valence-corrected chi connectivity index (χ3v) is 8.26. The van der Waals surface area contributed by atoms with Crippen molar-refractivity contribution in [1.82, 2.24) is 4.90 Å². The minimum Gasteiger partial charge on any atom is -0.461 e. The molecule has 0 radical (unpaired) electrons. The Morgan fingerprint density at radius 3 is 2.76 bits per heavy atom. The number of hydrogen-bond acceptors (Lipinski definition) is 6. The summed E-state index contributed by atoms with van der Waals surface area (Å²) in [6.07, 6.45) is 8.71. The topological polar surface area (TPSA) is 76.2 Å². The first-order chi connectivity index (χ1) is 16.4. The zero-order valence-corrected chi connectivity index (χ0v) is 20.1. The predicted octanol–water partition coefficient (Wildman–Crippen LogP) is 3.58. The van der Waals surface area contributed by atoms with E-state index in [9.17, 15) is 14.4 Å². The van der Waals surface area contributed by atoms with Crippen LogP contribution in [0.25, 0.3) is 0 Å². The molecule has 3 aliphatic heterocycles. The highest BCUT2D eigenvalue weighted by molar-refractivity contribution is 6.22. The summed E-state index contributed by atoms with van der Waals surface area (Å²) in [4.78, 5) is 42.1. The second kappa shape index (κ2) is 8.93. The second-order valence-electron chi connectivity index (χ2n) is 10.5. The molecule has 0 aromatic heterocycles. The fourth-order valence-electron chi connectivity index (χ4n) is 6.72. The van der Waals surface area contributed by atoms with Gasteiger partial charge in [0.15, 0.2) is 0 Å². The number of para-hydroxylation sites is 1. The van der Waals surface area contributed by atoms with Crippen molar-refractivity contribution in [1.29, 1.82) is 0 Å². The first-order valence-corrected chi connectivity index (χ1v) is 12.5. The molecule has 1 unspecified atom stereocenters. The van der Waals surface area contributed by atoms with Crippen LogP contribution in [-0.4, -0.2) is 61.6 Å². The Balaban J connectivity index is 1.40. The average Bonchev–Trinajstić information content (AvgIpc) is 2.97. The van der Waals surface area contributed by atoms with Crippen molar-refractivity contribution in [3.8, 4) is 0 Å². The number of allylic oxidation sites excluding steroid dienone is 1. The van der Waals surface area contributed by atoms with Gasteiger partial charge in [-0.25, -0.2) is 9.69 Å². The highest BCUT2D eigenvalue weighted by atomic mass is 16.5. The van der Waals surface area contributed by atoms with Gasteiger partial charge < -0.3 is 14.4 Å². The Bertz CT molecular complexity index is 1020. The molecule has 182 valence electrons. The molecule has 1 aromatic carbocycles. The molecule has 2 bridgehead atoms. The van der Waals surface area contributed by atoms with Crippen LogP contribution in [0.1, 0.15) is 56.3 Å². The lowest BCUT2D eigenvalue weighted by Gasteiger charge is -2.60.